The molecule has 0 bridgehead atoms. The van der Waals surface area contributed by atoms with Crippen LogP contribution in [0.1, 0.15) is 23.6 Å². The summed E-state index contributed by atoms with van der Waals surface area (Å²) in [5.74, 6) is 0.363. The summed E-state index contributed by atoms with van der Waals surface area (Å²) in [5.41, 5.74) is 3.04. The second-order valence-electron chi connectivity index (χ2n) is 6.37. The van der Waals surface area contributed by atoms with Gasteiger partial charge in [-0.25, -0.2) is 8.42 Å². The van der Waals surface area contributed by atoms with Crippen LogP contribution in [0, 0.1) is 13.8 Å². The molecule has 7 heteroatoms. The molecule has 0 spiro atoms. The summed E-state index contributed by atoms with van der Waals surface area (Å²) >= 11 is 0. The van der Waals surface area contributed by atoms with Crippen molar-refractivity contribution in [3.8, 4) is 5.75 Å². The monoisotopic (exact) mass is 390 g/mol. The Morgan fingerprint density at radius 3 is 2.33 bits per heavy atom. The number of nitrogens with zero attached hydrogens (tertiary/aromatic N) is 1. The minimum absolute atomic E-state index is 0.268. The maximum absolute atomic E-state index is 12.4. The molecule has 0 aliphatic heterocycles. The predicted octanol–water partition coefficient (Wildman–Crippen LogP) is 2.78. The third-order valence-electron chi connectivity index (χ3n) is 4.08. The molecule has 0 radical (unpaired) electrons. The third-order valence-corrected chi connectivity index (χ3v) is 5.19. The van der Waals surface area contributed by atoms with Crippen molar-refractivity contribution in [1.29, 1.82) is 0 Å². The fourth-order valence-corrected chi connectivity index (χ4v) is 3.83. The molecular formula is C20H26N2O4S. The number of carbonyl (C=O) groups is 1. The number of benzene rings is 2. The highest BCUT2D eigenvalue weighted by atomic mass is 32.2. The van der Waals surface area contributed by atoms with Gasteiger partial charge in [0.1, 0.15) is 12.3 Å². The number of rotatable bonds is 8. The number of nitrogens with one attached hydrogen (secondary N) is 1. The molecule has 27 heavy (non-hydrogen) atoms. The zero-order valence-electron chi connectivity index (χ0n) is 16.2. The van der Waals surface area contributed by atoms with Crippen LogP contribution < -0.4 is 14.4 Å². The Hall–Kier alpha value is -2.54. The van der Waals surface area contributed by atoms with Gasteiger partial charge in [0.05, 0.1) is 18.6 Å². The van der Waals surface area contributed by atoms with Crippen LogP contribution in [-0.4, -0.2) is 33.7 Å². The van der Waals surface area contributed by atoms with E-state index in [9.17, 15) is 13.2 Å². The summed E-state index contributed by atoms with van der Waals surface area (Å²) in [4.78, 5) is 12.4. The van der Waals surface area contributed by atoms with Gasteiger partial charge in [0.2, 0.25) is 15.9 Å². The number of aryl methyl sites for hydroxylation is 2. The van der Waals surface area contributed by atoms with Crippen molar-refractivity contribution in [2.45, 2.75) is 27.3 Å². The van der Waals surface area contributed by atoms with Crippen LogP contribution in [0.4, 0.5) is 5.69 Å². The molecule has 2 aromatic rings. The van der Waals surface area contributed by atoms with Crippen molar-refractivity contribution in [1.82, 2.24) is 5.32 Å². The predicted molar refractivity (Wildman–Crippen MR) is 108 cm³/mol. The number of hydrogen-bond donors (Lipinski definition) is 1. The molecule has 6 nitrogen and oxygen atoms in total. The Morgan fingerprint density at radius 1 is 1.11 bits per heavy atom. The molecule has 0 atom stereocenters. The largest absolute Gasteiger partial charge is 0.494 e. The van der Waals surface area contributed by atoms with Crippen molar-refractivity contribution in [3.63, 3.8) is 0 Å². The van der Waals surface area contributed by atoms with Gasteiger partial charge in [-0.3, -0.25) is 9.10 Å². The number of carbonyl (C=O) groups excluding carboxylic acids is 1. The maximum Gasteiger partial charge on any atom is 0.241 e. The summed E-state index contributed by atoms with van der Waals surface area (Å²) in [7, 11) is -3.60. The van der Waals surface area contributed by atoms with Crippen molar-refractivity contribution < 1.29 is 17.9 Å². The number of ether oxygens (including phenoxy) is 1. The summed E-state index contributed by atoms with van der Waals surface area (Å²) in [6, 6.07) is 13.0. The van der Waals surface area contributed by atoms with Crippen LogP contribution in [0.15, 0.2) is 42.5 Å². The molecule has 0 unspecified atom stereocenters. The van der Waals surface area contributed by atoms with Crippen LogP contribution in [0.5, 0.6) is 5.75 Å². The SMILES string of the molecule is CCOc1cccc(CNC(=O)CN(c2c(C)cccc2C)S(C)(=O)=O)c1. The fraction of sp³-hybridized carbons (Fsp3) is 0.350. The smallest absolute Gasteiger partial charge is 0.241 e. The highest BCUT2D eigenvalue weighted by Gasteiger charge is 2.23. The van der Waals surface area contributed by atoms with Gasteiger partial charge in [0.25, 0.3) is 0 Å². The van der Waals surface area contributed by atoms with Crippen molar-refractivity contribution in [2.75, 3.05) is 23.7 Å². The van der Waals surface area contributed by atoms with Gasteiger partial charge < -0.3 is 10.1 Å². The van der Waals surface area contributed by atoms with E-state index in [1.54, 1.807) is 0 Å². The molecule has 1 N–H and O–H groups in total. The van der Waals surface area contributed by atoms with E-state index in [1.807, 2.05) is 63.2 Å². The molecule has 0 aliphatic rings. The number of para-hydroxylation sites is 1. The lowest BCUT2D eigenvalue weighted by Gasteiger charge is -2.25. The zero-order chi connectivity index (χ0) is 20.0. The lowest BCUT2D eigenvalue weighted by molar-refractivity contribution is -0.119. The molecule has 0 heterocycles. The van der Waals surface area contributed by atoms with Gasteiger partial charge in [0, 0.05) is 6.54 Å². The van der Waals surface area contributed by atoms with Gasteiger partial charge in [0.15, 0.2) is 0 Å². The van der Waals surface area contributed by atoms with Crippen molar-refractivity contribution in [3.05, 3.63) is 59.2 Å². The molecular weight excluding hydrogens is 364 g/mol. The maximum atomic E-state index is 12.4. The van der Waals surface area contributed by atoms with Gasteiger partial charge in [-0.2, -0.15) is 0 Å². The Bertz CT molecular complexity index is 890. The van der Waals surface area contributed by atoms with E-state index in [1.165, 1.54) is 0 Å². The first-order valence-electron chi connectivity index (χ1n) is 8.74. The molecule has 146 valence electrons. The van der Waals surface area contributed by atoms with Gasteiger partial charge in [-0.15, -0.1) is 0 Å². The normalized spacial score (nSPS) is 11.1. The summed E-state index contributed by atoms with van der Waals surface area (Å²) < 4.78 is 31.2. The highest BCUT2D eigenvalue weighted by molar-refractivity contribution is 7.92. The van der Waals surface area contributed by atoms with E-state index in [-0.39, 0.29) is 12.5 Å². The lowest BCUT2D eigenvalue weighted by atomic mass is 10.1. The van der Waals surface area contributed by atoms with E-state index in [4.69, 9.17) is 4.74 Å². The lowest BCUT2D eigenvalue weighted by Crippen LogP contribution is -2.40. The Balaban J connectivity index is 2.12. The second kappa shape index (κ2) is 8.90. The van der Waals surface area contributed by atoms with Gasteiger partial charge in [-0.05, 0) is 49.6 Å². The Morgan fingerprint density at radius 2 is 1.74 bits per heavy atom. The molecule has 1 amide bonds. The minimum atomic E-state index is -3.60. The Labute approximate surface area is 161 Å². The molecule has 0 aliphatic carbocycles. The number of anilines is 1. The average molecular weight is 391 g/mol. The first-order chi connectivity index (χ1) is 12.7. The minimum Gasteiger partial charge on any atom is -0.494 e. The van der Waals surface area contributed by atoms with Crippen molar-refractivity contribution >= 4 is 21.6 Å². The van der Waals surface area contributed by atoms with Crippen LogP contribution in [0.25, 0.3) is 0 Å². The highest BCUT2D eigenvalue weighted by Crippen LogP contribution is 2.26. The second-order valence-corrected chi connectivity index (χ2v) is 8.27. The van der Waals surface area contributed by atoms with Crippen LogP contribution in [-0.2, 0) is 21.4 Å². The van der Waals surface area contributed by atoms with Crippen LogP contribution >= 0.6 is 0 Å². The fourth-order valence-electron chi connectivity index (χ4n) is 2.86. The van der Waals surface area contributed by atoms with Crippen LogP contribution in [0.3, 0.4) is 0 Å². The molecule has 2 aromatic carbocycles. The molecule has 0 saturated heterocycles. The van der Waals surface area contributed by atoms with Crippen molar-refractivity contribution in [2.24, 2.45) is 0 Å². The quantitative estimate of drug-likeness (QED) is 0.752. The molecule has 0 saturated carbocycles. The summed E-state index contributed by atoms with van der Waals surface area (Å²) in [5, 5.41) is 2.78. The molecule has 2 rings (SSSR count). The van der Waals surface area contributed by atoms with E-state index in [0.29, 0.717) is 18.8 Å². The van der Waals surface area contributed by atoms with Crippen LogP contribution in [0.2, 0.25) is 0 Å². The number of hydrogen-bond acceptors (Lipinski definition) is 4. The number of sulfonamides is 1. The molecule has 0 fully saturated rings. The van der Waals surface area contributed by atoms with E-state index in [0.717, 1.165) is 33.0 Å². The topological polar surface area (TPSA) is 75.7 Å². The summed E-state index contributed by atoms with van der Waals surface area (Å²) in [6.45, 7) is 6.16. The zero-order valence-corrected chi connectivity index (χ0v) is 17.0. The van der Waals surface area contributed by atoms with E-state index < -0.39 is 10.0 Å². The number of amides is 1. The summed E-state index contributed by atoms with van der Waals surface area (Å²) in [6.07, 6.45) is 1.11. The van der Waals surface area contributed by atoms with E-state index >= 15 is 0 Å². The first kappa shape index (κ1) is 20.8. The molecule has 0 aromatic heterocycles. The van der Waals surface area contributed by atoms with E-state index in [2.05, 4.69) is 5.32 Å². The standard InChI is InChI=1S/C20H26N2O4S/c1-5-26-18-11-7-10-17(12-18)13-21-19(23)14-22(27(4,24)25)20-15(2)8-6-9-16(20)3/h6-12H,5,13-14H2,1-4H3,(H,21,23). The van der Waals surface area contributed by atoms with Gasteiger partial charge >= 0.3 is 0 Å². The van der Waals surface area contributed by atoms with Gasteiger partial charge in [-0.1, -0.05) is 30.3 Å². The first-order valence-corrected chi connectivity index (χ1v) is 10.6. The Kier molecular flexibility index (Phi) is 6.85. The average Bonchev–Trinajstić information content (AvgIpc) is 2.59. The third kappa shape index (κ3) is 5.72.